The van der Waals surface area contributed by atoms with Crippen LogP contribution in [0.2, 0.25) is 0 Å². The highest BCUT2D eigenvalue weighted by molar-refractivity contribution is 5.45. The van der Waals surface area contributed by atoms with Gasteiger partial charge in [-0.3, -0.25) is 10.3 Å². The van der Waals surface area contributed by atoms with E-state index in [0.717, 1.165) is 28.3 Å². The molecule has 0 saturated carbocycles. The van der Waals surface area contributed by atoms with Crippen molar-refractivity contribution in [3.63, 3.8) is 0 Å². The van der Waals surface area contributed by atoms with Crippen LogP contribution in [0, 0.1) is 11.5 Å². The second kappa shape index (κ2) is 5.89. The number of benzene rings is 2. The summed E-state index contributed by atoms with van der Waals surface area (Å²) in [5.74, 6) is 0.545. The first kappa shape index (κ1) is 12.9. The molecule has 0 unspecified atom stereocenters. The number of hydroxylamine groups is 1. The van der Waals surface area contributed by atoms with Gasteiger partial charge < -0.3 is 4.74 Å². The van der Waals surface area contributed by atoms with Crippen molar-refractivity contribution in [2.45, 2.75) is 6.42 Å². The topological polar surface area (TPSA) is 56.5 Å². The van der Waals surface area contributed by atoms with E-state index in [1.807, 2.05) is 36.4 Å². The molecule has 0 aliphatic carbocycles. The minimum Gasteiger partial charge on any atom is -0.388 e. The standard InChI is InChI=1S/C15H14N2O2/c1-17(18)14-6-2-12(3-7-14)10-13-4-8-15(9-5-13)19-11-16/h2-9,18H,10H2,1H3. The summed E-state index contributed by atoms with van der Waals surface area (Å²) in [4.78, 5) is 0. The molecule has 0 atom stereocenters. The van der Waals surface area contributed by atoms with Crippen molar-refractivity contribution in [3.8, 4) is 12.0 Å². The van der Waals surface area contributed by atoms with Crippen LogP contribution in [0.5, 0.6) is 5.75 Å². The third-order valence-electron chi connectivity index (χ3n) is 2.81. The quantitative estimate of drug-likeness (QED) is 0.673. The van der Waals surface area contributed by atoms with Crippen molar-refractivity contribution in [3.05, 3.63) is 59.7 Å². The van der Waals surface area contributed by atoms with Gasteiger partial charge in [0.1, 0.15) is 5.75 Å². The van der Waals surface area contributed by atoms with Gasteiger partial charge in [0.15, 0.2) is 0 Å². The van der Waals surface area contributed by atoms with E-state index in [4.69, 9.17) is 10.00 Å². The van der Waals surface area contributed by atoms with Gasteiger partial charge in [0.25, 0.3) is 6.26 Å². The van der Waals surface area contributed by atoms with E-state index in [1.165, 1.54) is 0 Å². The molecule has 0 saturated heterocycles. The lowest BCUT2D eigenvalue weighted by atomic mass is 10.0. The molecule has 0 aliphatic heterocycles. The summed E-state index contributed by atoms with van der Waals surface area (Å²) < 4.78 is 4.73. The zero-order valence-electron chi connectivity index (χ0n) is 10.6. The molecule has 1 N–H and O–H groups in total. The van der Waals surface area contributed by atoms with Crippen LogP contribution < -0.4 is 9.80 Å². The van der Waals surface area contributed by atoms with Gasteiger partial charge in [-0.25, -0.2) is 0 Å². The fourth-order valence-corrected chi connectivity index (χ4v) is 1.79. The molecule has 0 fully saturated rings. The van der Waals surface area contributed by atoms with Gasteiger partial charge >= 0.3 is 0 Å². The number of anilines is 1. The highest BCUT2D eigenvalue weighted by atomic mass is 16.5. The minimum atomic E-state index is 0.545. The Bertz CT molecular complexity index is 569. The molecule has 0 radical (unpaired) electrons. The monoisotopic (exact) mass is 254 g/mol. The molecule has 0 heterocycles. The van der Waals surface area contributed by atoms with E-state index in [9.17, 15) is 5.21 Å². The Labute approximate surface area is 112 Å². The minimum absolute atomic E-state index is 0.545. The lowest BCUT2D eigenvalue weighted by Crippen LogP contribution is -2.09. The maximum atomic E-state index is 9.28. The summed E-state index contributed by atoms with van der Waals surface area (Å²) in [5, 5.41) is 18.8. The normalized spacial score (nSPS) is 9.74. The molecule has 0 spiro atoms. The largest absolute Gasteiger partial charge is 0.388 e. The van der Waals surface area contributed by atoms with Gasteiger partial charge in [-0.2, -0.15) is 0 Å². The van der Waals surface area contributed by atoms with Crippen LogP contribution in [0.25, 0.3) is 0 Å². The first-order chi connectivity index (χ1) is 9.19. The fraction of sp³-hybridized carbons (Fsp3) is 0.133. The maximum Gasteiger partial charge on any atom is 0.292 e. The second-order valence-electron chi connectivity index (χ2n) is 4.20. The van der Waals surface area contributed by atoms with E-state index in [0.29, 0.717) is 5.75 Å². The van der Waals surface area contributed by atoms with Crippen molar-refractivity contribution < 1.29 is 9.94 Å². The predicted octanol–water partition coefficient (Wildman–Crippen LogP) is 2.96. The van der Waals surface area contributed by atoms with Crippen LogP contribution in [0.4, 0.5) is 5.69 Å². The van der Waals surface area contributed by atoms with Gasteiger partial charge in [-0.05, 0) is 41.8 Å². The van der Waals surface area contributed by atoms with Crippen molar-refractivity contribution in [1.29, 1.82) is 5.26 Å². The lowest BCUT2D eigenvalue weighted by Gasteiger charge is -2.10. The Morgan fingerprint density at radius 3 is 2.05 bits per heavy atom. The third-order valence-corrected chi connectivity index (χ3v) is 2.81. The number of nitriles is 1. The smallest absolute Gasteiger partial charge is 0.292 e. The van der Waals surface area contributed by atoms with Crippen LogP contribution >= 0.6 is 0 Å². The van der Waals surface area contributed by atoms with Crippen molar-refractivity contribution >= 4 is 5.69 Å². The summed E-state index contributed by atoms with van der Waals surface area (Å²) >= 11 is 0. The van der Waals surface area contributed by atoms with E-state index in [-0.39, 0.29) is 0 Å². The van der Waals surface area contributed by atoms with E-state index >= 15 is 0 Å². The molecule has 0 amide bonds. The highest BCUT2D eigenvalue weighted by Gasteiger charge is 2.00. The molecule has 0 bridgehead atoms. The van der Waals surface area contributed by atoms with Gasteiger partial charge in [0.05, 0.1) is 5.69 Å². The van der Waals surface area contributed by atoms with Crippen LogP contribution in [-0.4, -0.2) is 12.3 Å². The lowest BCUT2D eigenvalue weighted by molar-refractivity contribution is 0.279. The summed E-state index contributed by atoms with van der Waals surface area (Å²) in [5.41, 5.74) is 3.04. The highest BCUT2D eigenvalue weighted by Crippen LogP contribution is 2.17. The molecular weight excluding hydrogens is 240 g/mol. The number of nitrogens with zero attached hydrogens (tertiary/aromatic N) is 2. The summed E-state index contributed by atoms with van der Waals surface area (Å²) in [6.45, 7) is 0. The Hall–Kier alpha value is -2.51. The van der Waals surface area contributed by atoms with Crippen molar-refractivity contribution in [2.24, 2.45) is 0 Å². The molecule has 2 rings (SSSR count). The van der Waals surface area contributed by atoms with Crippen LogP contribution in [0.15, 0.2) is 48.5 Å². The van der Waals surface area contributed by atoms with Crippen LogP contribution in [-0.2, 0) is 6.42 Å². The van der Waals surface area contributed by atoms with Gasteiger partial charge in [0, 0.05) is 7.05 Å². The molecule has 4 nitrogen and oxygen atoms in total. The van der Waals surface area contributed by atoms with E-state index in [2.05, 4.69) is 0 Å². The molecule has 4 heteroatoms. The molecule has 0 aliphatic rings. The maximum absolute atomic E-state index is 9.28. The second-order valence-corrected chi connectivity index (χ2v) is 4.20. The van der Waals surface area contributed by atoms with E-state index in [1.54, 1.807) is 25.4 Å². The van der Waals surface area contributed by atoms with Crippen LogP contribution in [0.1, 0.15) is 11.1 Å². The Kier molecular flexibility index (Phi) is 4.01. The molecule has 2 aromatic carbocycles. The molecule has 19 heavy (non-hydrogen) atoms. The van der Waals surface area contributed by atoms with Crippen molar-refractivity contribution in [1.82, 2.24) is 0 Å². The Balaban J connectivity index is 2.06. The Morgan fingerprint density at radius 1 is 1.05 bits per heavy atom. The summed E-state index contributed by atoms with van der Waals surface area (Å²) in [7, 11) is 1.59. The summed E-state index contributed by atoms with van der Waals surface area (Å²) in [6.07, 6.45) is 2.44. The molecular formula is C15H14N2O2. The third kappa shape index (κ3) is 3.47. The average molecular weight is 254 g/mol. The predicted molar refractivity (Wildman–Crippen MR) is 72.1 cm³/mol. The Morgan fingerprint density at radius 2 is 1.58 bits per heavy atom. The van der Waals surface area contributed by atoms with Crippen LogP contribution in [0.3, 0.4) is 0 Å². The first-order valence-electron chi connectivity index (χ1n) is 5.85. The molecule has 96 valence electrons. The van der Waals surface area contributed by atoms with Gasteiger partial charge in [-0.15, -0.1) is 5.26 Å². The fourth-order valence-electron chi connectivity index (χ4n) is 1.79. The van der Waals surface area contributed by atoms with Crippen molar-refractivity contribution in [2.75, 3.05) is 12.1 Å². The van der Waals surface area contributed by atoms with Gasteiger partial charge in [0.2, 0.25) is 0 Å². The number of ether oxygens (including phenoxy) is 1. The SMILES string of the molecule is CN(O)c1ccc(Cc2ccc(OC#N)cc2)cc1. The average Bonchev–Trinajstić information content (AvgIpc) is 2.42. The zero-order chi connectivity index (χ0) is 13.7. The zero-order valence-corrected chi connectivity index (χ0v) is 10.6. The molecule has 0 aromatic heterocycles. The number of hydrogen-bond donors (Lipinski definition) is 1. The first-order valence-corrected chi connectivity index (χ1v) is 5.85. The number of hydrogen-bond acceptors (Lipinski definition) is 4. The van der Waals surface area contributed by atoms with E-state index < -0.39 is 0 Å². The summed E-state index contributed by atoms with van der Waals surface area (Å²) in [6, 6.07) is 15.1. The van der Waals surface area contributed by atoms with Gasteiger partial charge in [-0.1, -0.05) is 24.3 Å². The molecule has 2 aromatic rings. The number of rotatable bonds is 4.